The van der Waals surface area contributed by atoms with Gasteiger partial charge in [0, 0.05) is 12.0 Å². The minimum absolute atomic E-state index is 0.103. The molecule has 0 aliphatic heterocycles. The summed E-state index contributed by atoms with van der Waals surface area (Å²) in [5, 5.41) is 3.27. The van der Waals surface area contributed by atoms with E-state index in [9.17, 15) is 0 Å². The lowest BCUT2D eigenvalue weighted by Crippen LogP contribution is -2.19. The van der Waals surface area contributed by atoms with Crippen LogP contribution in [-0.4, -0.2) is 23.1 Å². The number of nitrogens with one attached hydrogen (secondary N) is 1. The molecular formula is C15H25N3O. The van der Waals surface area contributed by atoms with Crippen molar-refractivity contribution in [1.82, 2.24) is 9.97 Å². The van der Waals surface area contributed by atoms with E-state index in [0.29, 0.717) is 12.5 Å². The molecule has 1 heterocycles. The maximum Gasteiger partial charge on any atom is 0.221 e. The molecule has 0 amide bonds. The molecule has 1 rings (SSSR count). The van der Waals surface area contributed by atoms with Crippen molar-refractivity contribution in [2.24, 2.45) is 0 Å². The maximum atomic E-state index is 5.74. The van der Waals surface area contributed by atoms with E-state index in [-0.39, 0.29) is 5.41 Å². The number of anilines is 1. The van der Waals surface area contributed by atoms with Crippen molar-refractivity contribution in [3.63, 3.8) is 0 Å². The fraction of sp³-hybridized carbons (Fsp3) is 0.600. The van der Waals surface area contributed by atoms with Gasteiger partial charge in [-0.2, -0.15) is 4.98 Å². The summed E-state index contributed by atoms with van der Waals surface area (Å²) in [5.41, 5.74) is 0.855. The molecule has 0 aromatic carbocycles. The monoisotopic (exact) mass is 263 g/mol. The lowest BCUT2D eigenvalue weighted by Gasteiger charge is -2.20. The molecule has 1 aromatic rings. The number of rotatable bonds is 6. The van der Waals surface area contributed by atoms with Gasteiger partial charge >= 0.3 is 0 Å². The highest BCUT2D eigenvalue weighted by atomic mass is 16.5. The first-order valence-corrected chi connectivity index (χ1v) is 6.76. The van der Waals surface area contributed by atoms with Gasteiger partial charge in [-0.05, 0) is 20.3 Å². The van der Waals surface area contributed by atoms with Crippen LogP contribution in [0.15, 0.2) is 12.7 Å². The fourth-order valence-electron chi connectivity index (χ4n) is 1.55. The molecule has 19 heavy (non-hydrogen) atoms. The highest BCUT2D eigenvalue weighted by Crippen LogP contribution is 2.27. The van der Waals surface area contributed by atoms with E-state index in [1.54, 1.807) is 0 Å². The number of ether oxygens (including phenoxy) is 1. The number of nitrogens with zero attached hydrogens (tertiary/aromatic N) is 2. The topological polar surface area (TPSA) is 47.0 Å². The van der Waals surface area contributed by atoms with Gasteiger partial charge in [-0.1, -0.05) is 26.8 Å². The van der Waals surface area contributed by atoms with Crippen LogP contribution in [0.1, 0.15) is 45.5 Å². The van der Waals surface area contributed by atoms with Crippen LogP contribution >= 0.6 is 0 Å². The molecule has 1 N–H and O–H groups in total. The van der Waals surface area contributed by atoms with Crippen LogP contribution in [0.2, 0.25) is 0 Å². The quantitative estimate of drug-likeness (QED) is 0.630. The summed E-state index contributed by atoms with van der Waals surface area (Å²) in [5.74, 6) is 2.32. The molecule has 0 unspecified atom stereocenters. The van der Waals surface area contributed by atoms with Crippen molar-refractivity contribution in [3.8, 4) is 5.88 Å². The molecule has 0 fully saturated rings. The summed E-state index contributed by atoms with van der Waals surface area (Å²) < 4.78 is 5.74. The summed E-state index contributed by atoms with van der Waals surface area (Å²) in [6, 6.07) is 0. The first-order chi connectivity index (χ1) is 8.90. The second-order valence-corrected chi connectivity index (χ2v) is 5.53. The Hall–Kier alpha value is -1.58. The summed E-state index contributed by atoms with van der Waals surface area (Å²) in [6.45, 7) is 15.4. The molecule has 0 aliphatic rings. The molecule has 0 saturated heterocycles. The van der Waals surface area contributed by atoms with E-state index in [2.05, 4.69) is 49.6 Å². The van der Waals surface area contributed by atoms with Crippen LogP contribution in [-0.2, 0) is 5.41 Å². The molecule has 0 aliphatic carbocycles. The van der Waals surface area contributed by atoms with Gasteiger partial charge in [0.15, 0.2) is 0 Å². The van der Waals surface area contributed by atoms with E-state index in [0.717, 1.165) is 30.2 Å². The zero-order chi connectivity index (χ0) is 14.5. The van der Waals surface area contributed by atoms with Gasteiger partial charge in [0.05, 0.1) is 12.2 Å². The second kappa shape index (κ2) is 6.55. The summed E-state index contributed by atoms with van der Waals surface area (Å²) in [6.07, 6.45) is 2.65. The SMILES string of the molecule is C=CCCOc1nc(C(C)(C)C)nc(NCC)c1C. The molecule has 0 radical (unpaired) electrons. The van der Waals surface area contributed by atoms with E-state index in [4.69, 9.17) is 4.74 Å². The molecule has 0 spiro atoms. The zero-order valence-electron chi connectivity index (χ0n) is 12.7. The van der Waals surface area contributed by atoms with Crippen LogP contribution in [0.5, 0.6) is 5.88 Å². The predicted molar refractivity (Wildman–Crippen MR) is 79.9 cm³/mol. The molecule has 4 nitrogen and oxygen atoms in total. The Bertz CT molecular complexity index is 436. The minimum Gasteiger partial charge on any atom is -0.477 e. The van der Waals surface area contributed by atoms with Gasteiger partial charge < -0.3 is 10.1 Å². The first-order valence-electron chi connectivity index (χ1n) is 6.76. The fourth-order valence-corrected chi connectivity index (χ4v) is 1.55. The number of aromatic nitrogens is 2. The Balaban J connectivity index is 3.12. The third-order valence-corrected chi connectivity index (χ3v) is 2.68. The Kier molecular flexibility index (Phi) is 5.33. The van der Waals surface area contributed by atoms with Crippen LogP contribution in [0, 0.1) is 6.92 Å². The van der Waals surface area contributed by atoms with Gasteiger partial charge in [-0.15, -0.1) is 6.58 Å². The predicted octanol–water partition coefficient (Wildman–Crippen LogP) is 3.47. The summed E-state index contributed by atoms with van der Waals surface area (Å²) in [7, 11) is 0. The Labute approximate surface area is 116 Å². The van der Waals surface area contributed by atoms with Gasteiger partial charge in [-0.25, -0.2) is 4.98 Å². The van der Waals surface area contributed by atoms with E-state index in [1.165, 1.54) is 0 Å². The average Bonchev–Trinajstić information content (AvgIpc) is 2.32. The molecule has 1 aromatic heterocycles. The third kappa shape index (κ3) is 4.23. The van der Waals surface area contributed by atoms with Gasteiger partial charge in [0.25, 0.3) is 0 Å². The second-order valence-electron chi connectivity index (χ2n) is 5.53. The lowest BCUT2D eigenvalue weighted by molar-refractivity contribution is 0.306. The van der Waals surface area contributed by atoms with Crippen molar-refractivity contribution >= 4 is 5.82 Å². The van der Waals surface area contributed by atoms with Crippen molar-refractivity contribution in [2.75, 3.05) is 18.5 Å². The van der Waals surface area contributed by atoms with Crippen molar-refractivity contribution in [3.05, 3.63) is 24.0 Å². The maximum absolute atomic E-state index is 5.74. The highest BCUT2D eigenvalue weighted by molar-refractivity contribution is 5.49. The largest absolute Gasteiger partial charge is 0.477 e. The lowest BCUT2D eigenvalue weighted by atomic mass is 9.95. The van der Waals surface area contributed by atoms with Crippen LogP contribution < -0.4 is 10.1 Å². The number of hydrogen-bond donors (Lipinski definition) is 1. The number of hydrogen-bond acceptors (Lipinski definition) is 4. The Morgan fingerprint density at radius 2 is 2.00 bits per heavy atom. The van der Waals surface area contributed by atoms with Crippen molar-refractivity contribution in [2.45, 2.75) is 46.5 Å². The standard InChI is InChI=1S/C15H25N3O/c1-7-9-10-19-13-11(3)12(16-8-2)17-14(18-13)15(4,5)6/h7H,1,8-10H2,2-6H3,(H,16,17,18). The average molecular weight is 263 g/mol. The van der Waals surface area contributed by atoms with Gasteiger partial charge in [0.2, 0.25) is 5.88 Å². The third-order valence-electron chi connectivity index (χ3n) is 2.68. The molecule has 0 bridgehead atoms. The molecular weight excluding hydrogens is 238 g/mol. The van der Waals surface area contributed by atoms with Gasteiger partial charge in [0.1, 0.15) is 11.6 Å². The molecule has 0 saturated carbocycles. The smallest absolute Gasteiger partial charge is 0.221 e. The van der Waals surface area contributed by atoms with Crippen LogP contribution in [0.25, 0.3) is 0 Å². The summed E-state index contributed by atoms with van der Waals surface area (Å²) in [4.78, 5) is 9.15. The van der Waals surface area contributed by atoms with Crippen LogP contribution in [0.4, 0.5) is 5.82 Å². The normalized spacial score (nSPS) is 11.2. The Morgan fingerprint density at radius 3 is 2.53 bits per heavy atom. The Morgan fingerprint density at radius 1 is 1.32 bits per heavy atom. The van der Waals surface area contributed by atoms with Crippen molar-refractivity contribution in [1.29, 1.82) is 0 Å². The summed E-state index contributed by atoms with van der Waals surface area (Å²) >= 11 is 0. The van der Waals surface area contributed by atoms with Crippen LogP contribution in [0.3, 0.4) is 0 Å². The van der Waals surface area contributed by atoms with E-state index < -0.39 is 0 Å². The molecule has 106 valence electrons. The van der Waals surface area contributed by atoms with Gasteiger partial charge in [-0.3, -0.25) is 0 Å². The minimum atomic E-state index is -0.103. The molecule has 0 atom stereocenters. The first kappa shape index (κ1) is 15.5. The van der Waals surface area contributed by atoms with Crippen molar-refractivity contribution < 1.29 is 4.74 Å². The zero-order valence-corrected chi connectivity index (χ0v) is 12.7. The van der Waals surface area contributed by atoms with E-state index >= 15 is 0 Å². The molecule has 4 heteroatoms. The van der Waals surface area contributed by atoms with E-state index in [1.807, 2.05) is 13.0 Å². The highest BCUT2D eigenvalue weighted by Gasteiger charge is 2.21.